The number of hydrogen-bond acceptors (Lipinski definition) is 6. The molecule has 0 aliphatic rings. The zero-order chi connectivity index (χ0) is 21.8. The van der Waals surface area contributed by atoms with E-state index >= 15 is 0 Å². The number of amides is 2. The van der Waals surface area contributed by atoms with E-state index in [0.717, 1.165) is 12.8 Å². The Balaban J connectivity index is 1.81. The van der Waals surface area contributed by atoms with Crippen LogP contribution in [-0.2, 0) is 4.79 Å². The second kappa shape index (κ2) is 12.1. The van der Waals surface area contributed by atoms with Gasteiger partial charge in [-0.15, -0.1) is 0 Å². The molecule has 0 heterocycles. The Labute approximate surface area is 176 Å². The number of rotatable bonds is 11. The molecule has 160 valence electrons. The van der Waals surface area contributed by atoms with Gasteiger partial charge in [0, 0.05) is 11.1 Å². The van der Waals surface area contributed by atoms with Gasteiger partial charge in [0.1, 0.15) is 17.2 Å². The van der Waals surface area contributed by atoms with Crippen molar-refractivity contribution in [3.63, 3.8) is 0 Å². The van der Waals surface area contributed by atoms with Gasteiger partial charge in [0.05, 0.1) is 33.6 Å². The predicted molar refractivity (Wildman–Crippen MR) is 114 cm³/mol. The third-order valence-electron chi connectivity index (χ3n) is 4.12. The number of unbranched alkanes of at least 4 members (excludes halogenated alkanes) is 1. The highest BCUT2D eigenvalue weighted by Gasteiger charge is 2.08. The van der Waals surface area contributed by atoms with Crippen molar-refractivity contribution in [1.82, 2.24) is 10.7 Å². The van der Waals surface area contributed by atoms with Gasteiger partial charge in [0.2, 0.25) is 0 Å². The van der Waals surface area contributed by atoms with Crippen LogP contribution in [-0.4, -0.2) is 45.4 Å². The second-order valence-electron chi connectivity index (χ2n) is 6.31. The van der Waals surface area contributed by atoms with Gasteiger partial charge in [-0.1, -0.05) is 13.3 Å². The highest BCUT2D eigenvalue weighted by Crippen LogP contribution is 2.22. The van der Waals surface area contributed by atoms with E-state index in [-0.39, 0.29) is 12.5 Å². The third-order valence-corrected chi connectivity index (χ3v) is 4.12. The maximum atomic E-state index is 12.2. The first-order chi connectivity index (χ1) is 14.6. The lowest BCUT2D eigenvalue weighted by molar-refractivity contribution is -0.120. The van der Waals surface area contributed by atoms with Crippen molar-refractivity contribution in [2.75, 3.05) is 27.4 Å². The van der Waals surface area contributed by atoms with Crippen LogP contribution in [0.15, 0.2) is 47.6 Å². The highest BCUT2D eigenvalue weighted by molar-refractivity contribution is 5.96. The van der Waals surface area contributed by atoms with Crippen molar-refractivity contribution in [1.29, 1.82) is 0 Å². The van der Waals surface area contributed by atoms with E-state index in [9.17, 15) is 9.59 Å². The van der Waals surface area contributed by atoms with Gasteiger partial charge in [-0.2, -0.15) is 5.10 Å². The summed E-state index contributed by atoms with van der Waals surface area (Å²) in [6.07, 6.45) is 3.47. The number of hydrogen-bond donors (Lipinski definition) is 2. The molecule has 0 saturated heterocycles. The molecule has 0 aromatic heterocycles. The lowest BCUT2D eigenvalue weighted by atomic mass is 10.2. The minimum absolute atomic E-state index is 0.208. The molecule has 0 bridgehead atoms. The van der Waals surface area contributed by atoms with E-state index in [0.29, 0.717) is 35.0 Å². The summed E-state index contributed by atoms with van der Waals surface area (Å²) in [6, 6.07) is 12.0. The van der Waals surface area contributed by atoms with Crippen molar-refractivity contribution >= 4 is 18.0 Å². The van der Waals surface area contributed by atoms with Crippen molar-refractivity contribution in [2.45, 2.75) is 19.8 Å². The standard InChI is InChI=1S/C22H27N3O5/c1-4-5-12-30-18-8-6-16(7-9-18)22(27)23-15-21(26)25-24-14-17-13-19(28-2)10-11-20(17)29-3/h6-11,13-14H,4-5,12,15H2,1-3H3,(H,23,27)(H,25,26). The minimum atomic E-state index is -0.457. The molecule has 30 heavy (non-hydrogen) atoms. The maximum absolute atomic E-state index is 12.2. The molecule has 0 unspecified atom stereocenters. The summed E-state index contributed by atoms with van der Waals surface area (Å²) in [4.78, 5) is 24.1. The summed E-state index contributed by atoms with van der Waals surface area (Å²) >= 11 is 0. The molecule has 0 saturated carbocycles. The number of carbonyl (C=O) groups is 2. The number of nitrogens with zero attached hydrogens (tertiary/aromatic N) is 1. The van der Waals surface area contributed by atoms with Gasteiger partial charge in [-0.05, 0) is 48.9 Å². The van der Waals surface area contributed by atoms with Crippen LogP contribution in [0.5, 0.6) is 17.2 Å². The van der Waals surface area contributed by atoms with Gasteiger partial charge < -0.3 is 19.5 Å². The Kier molecular flexibility index (Phi) is 9.18. The van der Waals surface area contributed by atoms with Gasteiger partial charge in [0.25, 0.3) is 11.8 Å². The quantitative estimate of drug-likeness (QED) is 0.335. The number of carbonyl (C=O) groups excluding carboxylic acids is 2. The molecular weight excluding hydrogens is 386 g/mol. The first kappa shape index (κ1) is 22.7. The molecule has 2 aromatic carbocycles. The van der Waals surface area contributed by atoms with Crippen LogP contribution in [0.4, 0.5) is 0 Å². The fraction of sp³-hybridized carbons (Fsp3) is 0.318. The Morgan fingerprint density at radius 1 is 1.03 bits per heavy atom. The van der Waals surface area contributed by atoms with Gasteiger partial charge in [-0.3, -0.25) is 9.59 Å². The Morgan fingerprint density at radius 2 is 1.77 bits per heavy atom. The topological polar surface area (TPSA) is 98.2 Å². The molecule has 8 heteroatoms. The molecule has 2 N–H and O–H groups in total. The van der Waals surface area contributed by atoms with Gasteiger partial charge >= 0.3 is 0 Å². The Morgan fingerprint density at radius 3 is 2.43 bits per heavy atom. The second-order valence-corrected chi connectivity index (χ2v) is 6.31. The van der Waals surface area contributed by atoms with Crippen molar-refractivity contribution in [3.8, 4) is 17.2 Å². The Bertz CT molecular complexity index is 866. The maximum Gasteiger partial charge on any atom is 0.259 e. The van der Waals surface area contributed by atoms with Crippen molar-refractivity contribution < 1.29 is 23.8 Å². The summed E-state index contributed by atoms with van der Waals surface area (Å²) in [5.74, 6) is 1.12. The lowest BCUT2D eigenvalue weighted by Crippen LogP contribution is -2.34. The summed E-state index contributed by atoms with van der Waals surface area (Å²) < 4.78 is 16.0. The normalized spacial score (nSPS) is 10.5. The molecular formula is C22H27N3O5. The van der Waals surface area contributed by atoms with Crippen LogP contribution in [0.1, 0.15) is 35.7 Å². The van der Waals surface area contributed by atoms with E-state index in [1.807, 2.05) is 0 Å². The molecule has 2 rings (SSSR count). The van der Waals surface area contributed by atoms with Crippen LogP contribution in [0, 0.1) is 0 Å². The van der Waals surface area contributed by atoms with Crippen LogP contribution < -0.4 is 25.0 Å². The first-order valence-corrected chi connectivity index (χ1v) is 9.62. The largest absolute Gasteiger partial charge is 0.497 e. The molecule has 0 atom stereocenters. The number of ether oxygens (including phenoxy) is 3. The third kappa shape index (κ3) is 7.12. The SMILES string of the molecule is CCCCOc1ccc(C(=O)NCC(=O)NN=Cc2cc(OC)ccc2OC)cc1. The summed E-state index contributed by atoms with van der Waals surface area (Å²) in [5.41, 5.74) is 3.45. The molecule has 0 radical (unpaired) electrons. The molecule has 0 spiro atoms. The fourth-order valence-electron chi connectivity index (χ4n) is 2.45. The number of hydrazone groups is 1. The molecule has 2 amide bonds. The van der Waals surface area contributed by atoms with Crippen LogP contribution in [0.25, 0.3) is 0 Å². The van der Waals surface area contributed by atoms with Crippen LogP contribution >= 0.6 is 0 Å². The van der Waals surface area contributed by atoms with Crippen LogP contribution in [0.2, 0.25) is 0 Å². The highest BCUT2D eigenvalue weighted by atomic mass is 16.5. The Hall–Kier alpha value is -3.55. The summed E-state index contributed by atoms with van der Waals surface area (Å²) in [7, 11) is 3.09. The predicted octanol–water partition coefficient (Wildman–Crippen LogP) is 2.76. The summed E-state index contributed by atoms with van der Waals surface area (Å²) in [6.45, 7) is 2.53. The fourth-order valence-corrected chi connectivity index (χ4v) is 2.45. The number of nitrogens with one attached hydrogen (secondary N) is 2. The summed E-state index contributed by atoms with van der Waals surface area (Å²) in [5, 5.41) is 6.45. The zero-order valence-electron chi connectivity index (χ0n) is 17.4. The average molecular weight is 413 g/mol. The van der Waals surface area contributed by atoms with E-state index in [4.69, 9.17) is 14.2 Å². The van der Waals surface area contributed by atoms with E-state index < -0.39 is 5.91 Å². The van der Waals surface area contributed by atoms with Gasteiger partial charge in [0.15, 0.2) is 0 Å². The smallest absolute Gasteiger partial charge is 0.259 e. The zero-order valence-corrected chi connectivity index (χ0v) is 17.4. The van der Waals surface area contributed by atoms with E-state index in [2.05, 4.69) is 22.8 Å². The average Bonchev–Trinajstić information content (AvgIpc) is 2.78. The molecule has 0 fully saturated rings. The van der Waals surface area contributed by atoms with E-state index in [1.165, 1.54) is 13.3 Å². The van der Waals surface area contributed by atoms with Crippen LogP contribution in [0.3, 0.4) is 0 Å². The molecule has 2 aromatic rings. The number of methoxy groups -OCH3 is 2. The lowest BCUT2D eigenvalue weighted by Gasteiger charge is -2.08. The number of benzene rings is 2. The molecule has 0 aliphatic carbocycles. The van der Waals surface area contributed by atoms with Crippen molar-refractivity contribution in [3.05, 3.63) is 53.6 Å². The minimum Gasteiger partial charge on any atom is -0.497 e. The first-order valence-electron chi connectivity index (χ1n) is 9.62. The molecule has 8 nitrogen and oxygen atoms in total. The van der Waals surface area contributed by atoms with Crippen molar-refractivity contribution in [2.24, 2.45) is 5.10 Å². The monoisotopic (exact) mass is 413 g/mol. The van der Waals surface area contributed by atoms with Gasteiger partial charge in [-0.25, -0.2) is 5.43 Å². The van der Waals surface area contributed by atoms with E-state index in [1.54, 1.807) is 49.6 Å². The molecule has 0 aliphatic heterocycles.